The van der Waals surface area contributed by atoms with Crippen LogP contribution in [0.1, 0.15) is 12.0 Å². The molecule has 0 aromatic carbocycles. The summed E-state index contributed by atoms with van der Waals surface area (Å²) >= 11 is 0. The minimum Gasteiger partial charge on any atom is -0.396 e. The standard InChI is InChI=1S/C14H22N4O/c1-11-2-4-16-14(13(11)15)18-5-3-12(10-18)17-6-8-19-9-7-17/h2,4,12H,3,5-10,15H2,1H3. The van der Waals surface area contributed by atoms with E-state index >= 15 is 0 Å². The van der Waals surface area contributed by atoms with Crippen LogP contribution in [0, 0.1) is 6.92 Å². The third kappa shape index (κ3) is 2.53. The fraction of sp³-hybridized carbons (Fsp3) is 0.643. The van der Waals surface area contributed by atoms with Gasteiger partial charge >= 0.3 is 0 Å². The minimum atomic E-state index is 0.616. The van der Waals surface area contributed by atoms with E-state index in [-0.39, 0.29) is 0 Å². The summed E-state index contributed by atoms with van der Waals surface area (Å²) in [6, 6.07) is 2.58. The Kier molecular flexibility index (Phi) is 3.57. The van der Waals surface area contributed by atoms with Crippen LogP contribution in [0.4, 0.5) is 11.5 Å². The molecule has 2 fully saturated rings. The van der Waals surface area contributed by atoms with Gasteiger partial charge in [0.1, 0.15) is 0 Å². The average molecular weight is 262 g/mol. The molecule has 3 rings (SSSR count). The molecule has 0 bridgehead atoms. The quantitative estimate of drug-likeness (QED) is 0.857. The summed E-state index contributed by atoms with van der Waals surface area (Å²) in [6.45, 7) is 7.94. The van der Waals surface area contributed by atoms with Crippen LogP contribution in [0.2, 0.25) is 0 Å². The number of hydrogen-bond donors (Lipinski definition) is 1. The number of aryl methyl sites for hydroxylation is 1. The molecule has 5 heteroatoms. The first kappa shape index (κ1) is 12.7. The molecule has 2 aliphatic heterocycles. The van der Waals surface area contributed by atoms with Gasteiger partial charge in [0, 0.05) is 38.4 Å². The van der Waals surface area contributed by atoms with Gasteiger partial charge in [0.25, 0.3) is 0 Å². The SMILES string of the molecule is Cc1ccnc(N2CCC(N3CCOCC3)C2)c1N. The van der Waals surface area contributed by atoms with Crippen LogP contribution in [0.3, 0.4) is 0 Å². The molecule has 3 heterocycles. The smallest absolute Gasteiger partial charge is 0.152 e. The molecule has 0 saturated carbocycles. The van der Waals surface area contributed by atoms with Crippen molar-refractivity contribution in [3.63, 3.8) is 0 Å². The van der Waals surface area contributed by atoms with E-state index in [4.69, 9.17) is 10.5 Å². The first-order valence-corrected chi connectivity index (χ1v) is 7.03. The average Bonchev–Trinajstić information content (AvgIpc) is 2.92. The maximum Gasteiger partial charge on any atom is 0.152 e. The number of rotatable bonds is 2. The summed E-state index contributed by atoms with van der Waals surface area (Å²) in [7, 11) is 0. The van der Waals surface area contributed by atoms with Crippen molar-refractivity contribution in [1.29, 1.82) is 0 Å². The molecule has 0 radical (unpaired) electrons. The van der Waals surface area contributed by atoms with E-state index in [2.05, 4.69) is 14.8 Å². The molecule has 2 N–H and O–H groups in total. The number of nitrogen functional groups attached to an aromatic ring is 1. The van der Waals surface area contributed by atoms with Crippen molar-refractivity contribution in [2.75, 3.05) is 50.0 Å². The second kappa shape index (κ2) is 5.35. The maximum atomic E-state index is 6.15. The summed E-state index contributed by atoms with van der Waals surface area (Å²) in [5.41, 5.74) is 8.08. The van der Waals surface area contributed by atoms with Crippen molar-refractivity contribution in [3.8, 4) is 0 Å². The number of nitrogens with two attached hydrogens (primary N) is 1. The molecular formula is C14H22N4O. The van der Waals surface area contributed by atoms with Crippen LogP contribution in [-0.4, -0.2) is 55.3 Å². The highest BCUT2D eigenvalue weighted by atomic mass is 16.5. The molecule has 104 valence electrons. The van der Waals surface area contributed by atoms with Gasteiger partial charge in [-0.1, -0.05) is 0 Å². The summed E-state index contributed by atoms with van der Waals surface area (Å²) in [5.74, 6) is 0.954. The first-order chi connectivity index (χ1) is 9.25. The molecule has 0 spiro atoms. The van der Waals surface area contributed by atoms with E-state index in [1.807, 2.05) is 19.2 Å². The van der Waals surface area contributed by atoms with Crippen molar-refractivity contribution in [2.45, 2.75) is 19.4 Å². The normalized spacial score (nSPS) is 24.9. The number of pyridine rings is 1. The summed E-state index contributed by atoms with van der Waals surface area (Å²) in [5, 5.41) is 0. The lowest BCUT2D eigenvalue weighted by Crippen LogP contribution is -2.44. The fourth-order valence-electron chi connectivity index (χ4n) is 2.98. The summed E-state index contributed by atoms with van der Waals surface area (Å²) in [6.07, 6.45) is 3.04. The first-order valence-electron chi connectivity index (χ1n) is 7.03. The topological polar surface area (TPSA) is 54.6 Å². The van der Waals surface area contributed by atoms with Crippen LogP contribution in [0.25, 0.3) is 0 Å². The Morgan fingerprint density at radius 3 is 2.89 bits per heavy atom. The molecule has 2 saturated heterocycles. The lowest BCUT2D eigenvalue weighted by molar-refractivity contribution is 0.0209. The predicted octanol–water partition coefficient (Wildman–Crippen LogP) is 0.883. The van der Waals surface area contributed by atoms with Crippen LogP contribution in [0.5, 0.6) is 0 Å². The second-order valence-electron chi connectivity index (χ2n) is 5.40. The van der Waals surface area contributed by atoms with Crippen molar-refractivity contribution < 1.29 is 4.74 Å². The number of ether oxygens (including phenoxy) is 1. The maximum absolute atomic E-state index is 6.15. The number of hydrogen-bond acceptors (Lipinski definition) is 5. The van der Waals surface area contributed by atoms with Gasteiger partial charge in [-0.15, -0.1) is 0 Å². The number of morpholine rings is 1. The van der Waals surface area contributed by atoms with Crippen molar-refractivity contribution in [3.05, 3.63) is 17.8 Å². The van der Waals surface area contributed by atoms with Gasteiger partial charge in [-0.3, -0.25) is 4.90 Å². The highest BCUT2D eigenvalue weighted by Crippen LogP contribution is 2.28. The molecule has 1 aromatic heterocycles. The zero-order valence-corrected chi connectivity index (χ0v) is 11.5. The Balaban J connectivity index is 1.69. The Morgan fingerprint density at radius 1 is 1.32 bits per heavy atom. The number of anilines is 2. The largest absolute Gasteiger partial charge is 0.396 e. The number of nitrogens with zero attached hydrogens (tertiary/aromatic N) is 3. The third-order valence-corrected chi connectivity index (χ3v) is 4.21. The van der Waals surface area contributed by atoms with Crippen LogP contribution < -0.4 is 10.6 Å². The van der Waals surface area contributed by atoms with E-state index in [1.165, 1.54) is 6.42 Å². The van der Waals surface area contributed by atoms with Crippen molar-refractivity contribution in [1.82, 2.24) is 9.88 Å². The van der Waals surface area contributed by atoms with E-state index in [0.29, 0.717) is 6.04 Å². The second-order valence-corrected chi connectivity index (χ2v) is 5.40. The summed E-state index contributed by atoms with van der Waals surface area (Å²) < 4.78 is 5.42. The fourth-order valence-corrected chi connectivity index (χ4v) is 2.98. The van der Waals surface area contributed by atoms with E-state index in [0.717, 1.165) is 56.5 Å². The van der Waals surface area contributed by atoms with E-state index in [9.17, 15) is 0 Å². The number of aromatic nitrogens is 1. The van der Waals surface area contributed by atoms with Gasteiger partial charge in [0.2, 0.25) is 0 Å². The molecule has 0 amide bonds. The highest BCUT2D eigenvalue weighted by molar-refractivity contribution is 5.66. The third-order valence-electron chi connectivity index (χ3n) is 4.21. The highest BCUT2D eigenvalue weighted by Gasteiger charge is 2.30. The Bertz CT molecular complexity index is 445. The monoisotopic (exact) mass is 262 g/mol. The molecule has 2 aliphatic rings. The van der Waals surface area contributed by atoms with Gasteiger partial charge in [-0.25, -0.2) is 4.98 Å². The molecule has 1 unspecified atom stereocenters. The molecule has 0 aliphatic carbocycles. The minimum absolute atomic E-state index is 0.616. The zero-order chi connectivity index (χ0) is 13.2. The molecular weight excluding hydrogens is 240 g/mol. The van der Waals surface area contributed by atoms with E-state index in [1.54, 1.807) is 0 Å². The van der Waals surface area contributed by atoms with Crippen LogP contribution in [-0.2, 0) is 4.74 Å². The molecule has 5 nitrogen and oxygen atoms in total. The van der Waals surface area contributed by atoms with Crippen molar-refractivity contribution >= 4 is 11.5 Å². The van der Waals surface area contributed by atoms with Gasteiger partial charge in [-0.05, 0) is 25.0 Å². The van der Waals surface area contributed by atoms with Gasteiger partial charge in [0.15, 0.2) is 5.82 Å². The van der Waals surface area contributed by atoms with Gasteiger partial charge in [-0.2, -0.15) is 0 Å². The zero-order valence-electron chi connectivity index (χ0n) is 11.5. The Morgan fingerprint density at radius 2 is 2.11 bits per heavy atom. The lowest BCUT2D eigenvalue weighted by Gasteiger charge is -2.32. The molecule has 1 atom stereocenters. The van der Waals surface area contributed by atoms with Gasteiger partial charge < -0.3 is 15.4 Å². The Hall–Kier alpha value is -1.33. The molecule has 1 aromatic rings. The molecule has 19 heavy (non-hydrogen) atoms. The Labute approximate surface area is 114 Å². The predicted molar refractivity (Wildman–Crippen MR) is 76.4 cm³/mol. The van der Waals surface area contributed by atoms with Gasteiger partial charge in [0.05, 0.1) is 18.9 Å². The summed E-state index contributed by atoms with van der Waals surface area (Å²) in [4.78, 5) is 9.32. The van der Waals surface area contributed by atoms with E-state index < -0.39 is 0 Å². The lowest BCUT2D eigenvalue weighted by atomic mass is 10.2. The van der Waals surface area contributed by atoms with Crippen molar-refractivity contribution in [2.24, 2.45) is 0 Å². The van der Waals surface area contributed by atoms with Crippen LogP contribution >= 0.6 is 0 Å². The van der Waals surface area contributed by atoms with Crippen LogP contribution in [0.15, 0.2) is 12.3 Å².